The largest absolute Gasteiger partial charge is 0.382 e. The van der Waals surface area contributed by atoms with Crippen molar-refractivity contribution in [2.24, 2.45) is 0 Å². The van der Waals surface area contributed by atoms with Crippen LogP contribution in [0.15, 0.2) is 63.9 Å². The van der Waals surface area contributed by atoms with Crippen LogP contribution in [-0.2, 0) is 0 Å². The quantitative estimate of drug-likeness (QED) is 0.664. The molecule has 0 amide bonds. The van der Waals surface area contributed by atoms with Crippen molar-refractivity contribution in [1.29, 1.82) is 0 Å². The maximum absolute atomic E-state index is 13.0. The molecule has 1 unspecified atom stereocenters. The number of halogens is 3. The number of hydrogen-bond acceptors (Lipinski definition) is 2. The van der Waals surface area contributed by atoms with E-state index in [1.165, 1.54) is 12.1 Å². The summed E-state index contributed by atoms with van der Waals surface area (Å²) < 4.78 is 16.3. The van der Waals surface area contributed by atoms with Gasteiger partial charge in [0.15, 0.2) is 4.73 Å². The minimum Gasteiger partial charge on any atom is -0.382 e. The zero-order valence-corrected chi connectivity index (χ0v) is 14.4. The lowest BCUT2D eigenvalue weighted by Gasteiger charge is -2.16. The van der Waals surface area contributed by atoms with Crippen LogP contribution in [0.1, 0.15) is 17.4 Å². The van der Waals surface area contributed by atoms with Crippen molar-refractivity contribution < 1.29 is 9.50 Å². The van der Waals surface area contributed by atoms with Gasteiger partial charge in [0, 0.05) is 4.47 Å². The highest BCUT2D eigenvalue weighted by Crippen LogP contribution is 2.31. The van der Waals surface area contributed by atoms with Crippen LogP contribution in [0.4, 0.5) is 4.39 Å². The predicted octanol–water partition coefficient (Wildman–Crippen LogP) is 4.62. The molecule has 0 spiro atoms. The monoisotopic (exact) mass is 424 g/mol. The van der Waals surface area contributed by atoms with Crippen LogP contribution in [-0.4, -0.2) is 14.7 Å². The Morgan fingerprint density at radius 3 is 2.41 bits per heavy atom. The third-order valence-electron chi connectivity index (χ3n) is 3.31. The van der Waals surface area contributed by atoms with Crippen LogP contribution < -0.4 is 0 Å². The third kappa shape index (κ3) is 2.86. The summed E-state index contributed by atoms with van der Waals surface area (Å²) in [5, 5.41) is 10.6. The van der Waals surface area contributed by atoms with E-state index >= 15 is 0 Å². The molecule has 0 aliphatic carbocycles. The van der Waals surface area contributed by atoms with Gasteiger partial charge in [-0.1, -0.05) is 24.3 Å². The summed E-state index contributed by atoms with van der Waals surface area (Å²) >= 11 is 6.90. The smallest absolute Gasteiger partial charge is 0.182 e. The standard InChI is InChI=1S/C16H11Br2FN2O/c17-12-3-1-2-4-13(12)21-14(9-20-16(21)18)15(22)10-5-7-11(19)8-6-10/h1-9,15,22H. The zero-order valence-electron chi connectivity index (χ0n) is 11.2. The molecule has 1 aromatic heterocycles. The average molecular weight is 426 g/mol. The zero-order chi connectivity index (χ0) is 15.7. The Bertz CT molecular complexity index is 802. The molecule has 2 aromatic carbocycles. The molecule has 3 aromatic rings. The van der Waals surface area contributed by atoms with Gasteiger partial charge in [-0.25, -0.2) is 9.37 Å². The van der Waals surface area contributed by atoms with Crippen molar-refractivity contribution in [1.82, 2.24) is 9.55 Å². The Morgan fingerprint density at radius 1 is 1.05 bits per heavy atom. The first kappa shape index (κ1) is 15.4. The van der Waals surface area contributed by atoms with Crippen LogP contribution in [0.2, 0.25) is 0 Å². The maximum atomic E-state index is 13.0. The number of benzene rings is 2. The Hall–Kier alpha value is -1.50. The topological polar surface area (TPSA) is 38.1 Å². The van der Waals surface area contributed by atoms with E-state index in [9.17, 15) is 9.50 Å². The Kier molecular flexibility index (Phi) is 4.42. The molecule has 0 aliphatic rings. The van der Waals surface area contributed by atoms with Crippen LogP contribution in [0.25, 0.3) is 5.69 Å². The number of hydrogen-bond donors (Lipinski definition) is 1. The number of imidazole rings is 1. The molecule has 0 radical (unpaired) electrons. The van der Waals surface area contributed by atoms with E-state index < -0.39 is 6.10 Å². The van der Waals surface area contributed by atoms with Crippen molar-refractivity contribution in [3.63, 3.8) is 0 Å². The normalized spacial score (nSPS) is 12.4. The van der Waals surface area contributed by atoms with Gasteiger partial charge in [-0.3, -0.25) is 4.57 Å². The second-order valence-corrected chi connectivity index (χ2v) is 6.26. The first-order valence-electron chi connectivity index (χ1n) is 6.49. The van der Waals surface area contributed by atoms with Crippen LogP contribution in [0, 0.1) is 5.82 Å². The number of para-hydroxylation sites is 1. The first-order chi connectivity index (χ1) is 10.6. The van der Waals surface area contributed by atoms with Crippen LogP contribution in [0.3, 0.4) is 0 Å². The number of aromatic nitrogens is 2. The summed E-state index contributed by atoms with van der Waals surface area (Å²) in [7, 11) is 0. The molecule has 0 saturated carbocycles. The number of rotatable bonds is 3. The molecule has 3 nitrogen and oxygen atoms in total. The molecule has 1 heterocycles. The third-order valence-corrected chi connectivity index (χ3v) is 4.54. The molecule has 1 atom stereocenters. The molecule has 6 heteroatoms. The Labute approximate surface area is 143 Å². The lowest BCUT2D eigenvalue weighted by molar-refractivity contribution is 0.213. The van der Waals surface area contributed by atoms with E-state index in [-0.39, 0.29) is 5.82 Å². The number of aliphatic hydroxyl groups is 1. The van der Waals surface area contributed by atoms with Gasteiger partial charge in [0.2, 0.25) is 0 Å². The van der Waals surface area contributed by atoms with Gasteiger partial charge in [-0.05, 0) is 61.7 Å². The molecule has 112 valence electrons. The Balaban J connectivity index is 2.09. The molecule has 0 fully saturated rings. The summed E-state index contributed by atoms with van der Waals surface area (Å²) in [4.78, 5) is 4.22. The fourth-order valence-electron chi connectivity index (χ4n) is 2.22. The average Bonchev–Trinajstić information content (AvgIpc) is 2.89. The highest BCUT2D eigenvalue weighted by atomic mass is 79.9. The Morgan fingerprint density at radius 2 is 1.73 bits per heavy atom. The molecule has 1 N–H and O–H groups in total. The molecule has 0 aliphatic heterocycles. The van der Waals surface area contributed by atoms with E-state index in [1.807, 2.05) is 24.3 Å². The minimum absolute atomic E-state index is 0.337. The van der Waals surface area contributed by atoms with Crippen LogP contribution >= 0.6 is 31.9 Å². The first-order valence-corrected chi connectivity index (χ1v) is 8.08. The van der Waals surface area contributed by atoms with Gasteiger partial charge in [-0.2, -0.15) is 0 Å². The second kappa shape index (κ2) is 6.32. The summed E-state index contributed by atoms with van der Waals surface area (Å²) in [5.41, 5.74) is 2.04. The van der Waals surface area contributed by atoms with E-state index in [0.717, 1.165) is 10.2 Å². The van der Waals surface area contributed by atoms with Crippen molar-refractivity contribution in [2.45, 2.75) is 6.10 Å². The molecule has 0 saturated heterocycles. The molecular weight excluding hydrogens is 415 g/mol. The minimum atomic E-state index is -0.911. The maximum Gasteiger partial charge on any atom is 0.182 e. The summed E-state index contributed by atoms with van der Waals surface area (Å²) in [5.74, 6) is -0.337. The van der Waals surface area contributed by atoms with Crippen molar-refractivity contribution in [3.8, 4) is 5.69 Å². The van der Waals surface area contributed by atoms with Gasteiger partial charge in [-0.15, -0.1) is 0 Å². The SMILES string of the molecule is OC(c1ccc(F)cc1)c1cnc(Br)n1-c1ccccc1Br. The molecule has 22 heavy (non-hydrogen) atoms. The van der Waals surface area contributed by atoms with Gasteiger partial charge in [0.1, 0.15) is 11.9 Å². The van der Waals surface area contributed by atoms with Crippen molar-refractivity contribution >= 4 is 31.9 Å². The highest BCUT2D eigenvalue weighted by molar-refractivity contribution is 9.10. The van der Waals surface area contributed by atoms with E-state index in [0.29, 0.717) is 16.0 Å². The summed E-state index contributed by atoms with van der Waals surface area (Å²) in [6.45, 7) is 0. The highest BCUT2D eigenvalue weighted by Gasteiger charge is 2.20. The lowest BCUT2D eigenvalue weighted by atomic mass is 10.1. The van der Waals surface area contributed by atoms with Crippen molar-refractivity contribution in [3.05, 3.63) is 81.0 Å². The molecular formula is C16H11Br2FN2O. The number of aliphatic hydroxyl groups excluding tert-OH is 1. The predicted molar refractivity (Wildman–Crippen MR) is 89.4 cm³/mol. The fourth-order valence-corrected chi connectivity index (χ4v) is 3.18. The van der Waals surface area contributed by atoms with E-state index in [1.54, 1.807) is 22.9 Å². The van der Waals surface area contributed by atoms with Gasteiger partial charge in [0.25, 0.3) is 0 Å². The van der Waals surface area contributed by atoms with Gasteiger partial charge in [0.05, 0.1) is 17.6 Å². The van der Waals surface area contributed by atoms with Crippen molar-refractivity contribution in [2.75, 3.05) is 0 Å². The number of nitrogens with zero attached hydrogens (tertiary/aromatic N) is 2. The van der Waals surface area contributed by atoms with Crippen LogP contribution in [0.5, 0.6) is 0 Å². The lowest BCUT2D eigenvalue weighted by Crippen LogP contribution is -2.08. The van der Waals surface area contributed by atoms with E-state index in [2.05, 4.69) is 36.8 Å². The summed E-state index contributed by atoms with van der Waals surface area (Å²) in [6, 6.07) is 13.4. The van der Waals surface area contributed by atoms with Gasteiger partial charge >= 0.3 is 0 Å². The van der Waals surface area contributed by atoms with Gasteiger partial charge < -0.3 is 5.11 Å². The molecule has 0 bridgehead atoms. The van der Waals surface area contributed by atoms with E-state index in [4.69, 9.17) is 0 Å². The molecule has 3 rings (SSSR count). The fraction of sp³-hybridized carbons (Fsp3) is 0.0625. The second-order valence-electron chi connectivity index (χ2n) is 4.69. The summed E-state index contributed by atoms with van der Waals surface area (Å²) in [6.07, 6.45) is 0.684.